The van der Waals surface area contributed by atoms with Gasteiger partial charge >= 0.3 is 0 Å². The summed E-state index contributed by atoms with van der Waals surface area (Å²) in [6.45, 7) is 4.28. The number of hydrogen-bond donors (Lipinski definition) is 1. The van der Waals surface area contributed by atoms with Crippen molar-refractivity contribution < 1.29 is 0 Å². The second-order valence-corrected chi connectivity index (χ2v) is 5.98. The molecule has 2 rings (SSSR count). The normalized spacial score (nSPS) is 12.4. The molecule has 2 aromatic carbocycles. The zero-order valence-corrected chi connectivity index (χ0v) is 12.6. The smallest absolute Gasteiger partial charge is 0.0413 e. The minimum atomic E-state index is 0.394. The minimum absolute atomic E-state index is 0.394. The van der Waals surface area contributed by atoms with Gasteiger partial charge in [-0.2, -0.15) is 0 Å². The molecule has 0 aliphatic heterocycles. The highest BCUT2D eigenvalue weighted by atomic mass is 32.2. The molecule has 0 aromatic heterocycles. The second-order valence-electron chi connectivity index (χ2n) is 4.88. The Morgan fingerprint density at radius 3 is 2.32 bits per heavy atom. The van der Waals surface area contributed by atoms with Crippen molar-refractivity contribution in [1.29, 1.82) is 0 Å². The van der Waals surface area contributed by atoms with Crippen LogP contribution in [0.15, 0.2) is 53.4 Å². The highest BCUT2D eigenvalue weighted by molar-refractivity contribution is 7.99. The van der Waals surface area contributed by atoms with Gasteiger partial charge in [0.15, 0.2) is 0 Å². The maximum atomic E-state index is 3.41. The zero-order chi connectivity index (χ0) is 13.7. The lowest BCUT2D eigenvalue weighted by Gasteiger charge is -2.17. The number of nitrogens with one attached hydrogen (secondary N) is 1. The Morgan fingerprint density at radius 2 is 1.68 bits per heavy atom. The molecule has 1 N–H and O–H groups in total. The fourth-order valence-corrected chi connectivity index (χ4v) is 3.28. The van der Waals surface area contributed by atoms with Crippen LogP contribution in [0, 0.1) is 13.8 Å². The molecule has 0 amide bonds. The first-order valence-electron chi connectivity index (χ1n) is 6.62. The van der Waals surface area contributed by atoms with Gasteiger partial charge in [0.05, 0.1) is 0 Å². The Hall–Kier alpha value is -1.25. The average Bonchev–Trinajstić information content (AvgIpc) is 2.40. The maximum Gasteiger partial charge on any atom is 0.0413 e. The van der Waals surface area contributed by atoms with E-state index in [2.05, 4.69) is 67.7 Å². The average molecular weight is 271 g/mol. The van der Waals surface area contributed by atoms with Gasteiger partial charge in [-0.1, -0.05) is 47.5 Å². The molecule has 1 nitrogen and oxygen atoms in total. The molecule has 1 atom stereocenters. The van der Waals surface area contributed by atoms with E-state index in [1.165, 1.54) is 21.6 Å². The van der Waals surface area contributed by atoms with Crippen LogP contribution in [0.4, 0.5) is 0 Å². The van der Waals surface area contributed by atoms with Crippen LogP contribution in [-0.2, 0) is 0 Å². The van der Waals surface area contributed by atoms with Crippen LogP contribution in [-0.4, -0.2) is 12.8 Å². The first kappa shape index (κ1) is 14.2. The second kappa shape index (κ2) is 6.78. The predicted octanol–water partition coefficient (Wildman–Crippen LogP) is 4.36. The molecule has 0 radical (unpaired) electrons. The Morgan fingerprint density at radius 1 is 1.00 bits per heavy atom. The van der Waals surface area contributed by atoms with E-state index >= 15 is 0 Å². The summed E-state index contributed by atoms with van der Waals surface area (Å²) >= 11 is 1.91. The SMILES string of the molecule is CNC(CSc1cccc(C)c1)c1cccc(C)c1. The lowest BCUT2D eigenvalue weighted by Crippen LogP contribution is -2.18. The van der Waals surface area contributed by atoms with E-state index in [0.29, 0.717) is 6.04 Å². The summed E-state index contributed by atoms with van der Waals surface area (Å²) in [6, 6.07) is 17.8. The molecule has 0 aliphatic rings. The van der Waals surface area contributed by atoms with Crippen LogP contribution in [0.25, 0.3) is 0 Å². The summed E-state index contributed by atoms with van der Waals surface area (Å²) in [5, 5.41) is 3.41. The molecular formula is C17H21NS. The van der Waals surface area contributed by atoms with Crippen LogP contribution in [0.5, 0.6) is 0 Å². The zero-order valence-electron chi connectivity index (χ0n) is 11.8. The molecule has 100 valence electrons. The summed E-state index contributed by atoms with van der Waals surface area (Å²) in [6.07, 6.45) is 0. The summed E-state index contributed by atoms with van der Waals surface area (Å²) in [5.41, 5.74) is 4.00. The summed E-state index contributed by atoms with van der Waals surface area (Å²) in [4.78, 5) is 1.34. The topological polar surface area (TPSA) is 12.0 Å². The highest BCUT2D eigenvalue weighted by Crippen LogP contribution is 2.25. The van der Waals surface area contributed by atoms with Crippen molar-refractivity contribution in [3.05, 3.63) is 65.2 Å². The van der Waals surface area contributed by atoms with Crippen LogP contribution in [0.3, 0.4) is 0 Å². The largest absolute Gasteiger partial charge is 0.312 e. The number of hydrogen-bond acceptors (Lipinski definition) is 2. The fraction of sp³-hybridized carbons (Fsp3) is 0.294. The van der Waals surface area contributed by atoms with Crippen molar-refractivity contribution in [3.8, 4) is 0 Å². The molecule has 2 heteroatoms. The molecule has 19 heavy (non-hydrogen) atoms. The van der Waals surface area contributed by atoms with E-state index in [9.17, 15) is 0 Å². The molecule has 0 spiro atoms. The van der Waals surface area contributed by atoms with E-state index in [4.69, 9.17) is 0 Å². The van der Waals surface area contributed by atoms with Crippen LogP contribution in [0.2, 0.25) is 0 Å². The number of thioether (sulfide) groups is 1. The fourth-order valence-electron chi connectivity index (χ4n) is 2.12. The number of benzene rings is 2. The van der Waals surface area contributed by atoms with Gasteiger partial charge in [-0.15, -0.1) is 11.8 Å². The van der Waals surface area contributed by atoms with Gasteiger partial charge in [0.1, 0.15) is 0 Å². The first-order valence-corrected chi connectivity index (χ1v) is 7.61. The summed E-state index contributed by atoms with van der Waals surface area (Å²) in [7, 11) is 2.03. The molecule has 1 unspecified atom stereocenters. The maximum absolute atomic E-state index is 3.41. The van der Waals surface area contributed by atoms with Gasteiger partial charge in [0.25, 0.3) is 0 Å². The van der Waals surface area contributed by atoms with E-state index in [0.717, 1.165) is 5.75 Å². The monoisotopic (exact) mass is 271 g/mol. The van der Waals surface area contributed by atoms with Gasteiger partial charge in [0, 0.05) is 16.7 Å². The molecular weight excluding hydrogens is 250 g/mol. The first-order chi connectivity index (χ1) is 9.19. The molecule has 0 aliphatic carbocycles. The van der Waals surface area contributed by atoms with Crippen molar-refractivity contribution in [2.24, 2.45) is 0 Å². The van der Waals surface area contributed by atoms with Crippen molar-refractivity contribution in [1.82, 2.24) is 5.32 Å². The minimum Gasteiger partial charge on any atom is -0.312 e. The lowest BCUT2D eigenvalue weighted by molar-refractivity contribution is 0.661. The van der Waals surface area contributed by atoms with Crippen LogP contribution in [0.1, 0.15) is 22.7 Å². The van der Waals surface area contributed by atoms with E-state index in [-0.39, 0.29) is 0 Å². The molecule has 0 bridgehead atoms. The highest BCUT2D eigenvalue weighted by Gasteiger charge is 2.09. The third-order valence-corrected chi connectivity index (χ3v) is 4.29. The van der Waals surface area contributed by atoms with Crippen molar-refractivity contribution in [2.75, 3.05) is 12.8 Å². The Labute approximate surface area is 120 Å². The number of rotatable bonds is 5. The van der Waals surface area contributed by atoms with Gasteiger partial charge in [-0.3, -0.25) is 0 Å². The molecule has 0 saturated heterocycles. The number of aryl methyl sites for hydroxylation is 2. The van der Waals surface area contributed by atoms with Gasteiger partial charge < -0.3 is 5.32 Å². The lowest BCUT2D eigenvalue weighted by atomic mass is 10.1. The standard InChI is InChI=1S/C17H21NS/c1-13-6-4-8-15(10-13)17(18-3)12-19-16-9-5-7-14(2)11-16/h4-11,17-18H,12H2,1-3H3. The molecule has 2 aromatic rings. The molecule has 0 fully saturated rings. The molecule has 0 saturated carbocycles. The van der Waals surface area contributed by atoms with Gasteiger partial charge in [0.2, 0.25) is 0 Å². The van der Waals surface area contributed by atoms with E-state index < -0.39 is 0 Å². The Bertz CT molecular complexity index is 536. The van der Waals surface area contributed by atoms with E-state index in [1.807, 2.05) is 18.8 Å². The van der Waals surface area contributed by atoms with E-state index in [1.54, 1.807) is 0 Å². The summed E-state index contributed by atoms with van der Waals surface area (Å²) in [5.74, 6) is 1.05. The third kappa shape index (κ3) is 4.12. The van der Waals surface area contributed by atoms with Crippen molar-refractivity contribution >= 4 is 11.8 Å². The van der Waals surface area contributed by atoms with Crippen LogP contribution >= 0.6 is 11.8 Å². The van der Waals surface area contributed by atoms with Crippen molar-refractivity contribution in [3.63, 3.8) is 0 Å². The predicted molar refractivity (Wildman–Crippen MR) is 84.9 cm³/mol. The quantitative estimate of drug-likeness (QED) is 0.811. The van der Waals surface area contributed by atoms with Gasteiger partial charge in [-0.05, 0) is 38.6 Å². The molecule has 0 heterocycles. The van der Waals surface area contributed by atoms with Crippen LogP contribution < -0.4 is 5.32 Å². The third-order valence-electron chi connectivity index (χ3n) is 3.20. The Kier molecular flexibility index (Phi) is 5.06. The Balaban J connectivity index is 2.04. The van der Waals surface area contributed by atoms with Crippen molar-refractivity contribution in [2.45, 2.75) is 24.8 Å². The summed E-state index contributed by atoms with van der Waals surface area (Å²) < 4.78 is 0. The van der Waals surface area contributed by atoms with Gasteiger partial charge in [-0.25, -0.2) is 0 Å².